The molecule has 1 heterocycles. The van der Waals surface area contributed by atoms with Crippen LogP contribution in [0.25, 0.3) is 0 Å². The molecular formula is C12H24N2O2. The first-order chi connectivity index (χ1) is 7.63. The first-order valence-electron chi connectivity index (χ1n) is 6.24. The smallest absolute Gasteiger partial charge is 0.222 e. The zero-order valence-electron chi connectivity index (χ0n) is 10.4. The van der Waals surface area contributed by atoms with Gasteiger partial charge in [-0.1, -0.05) is 0 Å². The van der Waals surface area contributed by atoms with Gasteiger partial charge >= 0.3 is 0 Å². The molecule has 1 amide bonds. The van der Waals surface area contributed by atoms with E-state index in [1.165, 1.54) is 0 Å². The van der Waals surface area contributed by atoms with Gasteiger partial charge < -0.3 is 15.4 Å². The van der Waals surface area contributed by atoms with E-state index in [1.807, 2.05) is 18.7 Å². The van der Waals surface area contributed by atoms with Crippen molar-refractivity contribution in [3.05, 3.63) is 0 Å². The highest BCUT2D eigenvalue weighted by Crippen LogP contribution is 2.17. The number of ether oxygens (including phenoxy) is 1. The third kappa shape index (κ3) is 4.49. The Morgan fingerprint density at radius 2 is 2.38 bits per heavy atom. The van der Waals surface area contributed by atoms with Gasteiger partial charge in [0.25, 0.3) is 0 Å². The van der Waals surface area contributed by atoms with Gasteiger partial charge in [0.05, 0.1) is 6.61 Å². The molecule has 0 saturated carbocycles. The second-order valence-corrected chi connectivity index (χ2v) is 4.67. The van der Waals surface area contributed by atoms with Crippen molar-refractivity contribution in [3.8, 4) is 0 Å². The molecule has 4 heteroatoms. The highest BCUT2D eigenvalue weighted by atomic mass is 16.5. The lowest BCUT2D eigenvalue weighted by Gasteiger charge is -2.17. The minimum atomic E-state index is 0.116. The molecule has 94 valence electrons. The Balaban J connectivity index is 2.21. The largest absolute Gasteiger partial charge is 0.381 e. The molecule has 1 fully saturated rings. The molecule has 0 radical (unpaired) electrons. The maximum atomic E-state index is 11.8. The zero-order valence-corrected chi connectivity index (χ0v) is 10.4. The monoisotopic (exact) mass is 228 g/mol. The number of hydrogen-bond acceptors (Lipinski definition) is 3. The Morgan fingerprint density at radius 1 is 1.62 bits per heavy atom. The summed E-state index contributed by atoms with van der Waals surface area (Å²) in [5.74, 6) is 0.774. The van der Waals surface area contributed by atoms with Crippen molar-refractivity contribution >= 4 is 5.91 Å². The predicted octanol–water partition coefficient (Wildman–Crippen LogP) is 0.999. The first-order valence-corrected chi connectivity index (χ1v) is 6.24. The number of rotatable bonds is 6. The molecular weight excluding hydrogens is 204 g/mol. The first kappa shape index (κ1) is 13.5. The minimum Gasteiger partial charge on any atom is -0.381 e. The summed E-state index contributed by atoms with van der Waals surface area (Å²) in [6, 6.07) is 0.116. The maximum Gasteiger partial charge on any atom is 0.222 e. The van der Waals surface area contributed by atoms with E-state index in [-0.39, 0.29) is 11.9 Å². The van der Waals surface area contributed by atoms with Crippen LogP contribution in [-0.4, -0.2) is 43.2 Å². The minimum absolute atomic E-state index is 0.116. The maximum absolute atomic E-state index is 11.8. The molecule has 0 aromatic rings. The van der Waals surface area contributed by atoms with E-state index in [2.05, 4.69) is 0 Å². The van der Waals surface area contributed by atoms with E-state index in [1.54, 1.807) is 0 Å². The molecule has 0 aromatic heterocycles. The van der Waals surface area contributed by atoms with Crippen molar-refractivity contribution < 1.29 is 9.53 Å². The number of amides is 1. The fourth-order valence-corrected chi connectivity index (χ4v) is 1.99. The molecule has 1 aliphatic heterocycles. The lowest BCUT2D eigenvalue weighted by Crippen LogP contribution is -2.30. The van der Waals surface area contributed by atoms with Crippen molar-refractivity contribution in [2.24, 2.45) is 11.7 Å². The fourth-order valence-electron chi connectivity index (χ4n) is 1.99. The van der Waals surface area contributed by atoms with Gasteiger partial charge in [0.15, 0.2) is 0 Å². The summed E-state index contributed by atoms with van der Waals surface area (Å²) >= 11 is 0. The van der Waals surface area contributed by atoms with Gasteiger partial charge in [-0.25, -0.2) is 0 Å². The van der Waals surface area contributed by atoms with E-state index in [4.69, 9.17) is 10.5 Å². The lowest BCUT2D eigenvalue weighted by atomic mass is 10.1. The molecule has 0 spiro atoms. The van der Waals surface area contributed by atoms with Crippen molar-refractivity contribution in [1.82, 2.24) is 4.90 Å². The Morgan fingerprint density at radius 3 is 3.00 bits per heavy atom. The summed E-state index contributed by atoms with van der Waals surface area (Å²) in [7, 11) is 0. The average Bonchev–Trinajstić information content (AvgIpc) is 2.71. The molecule has 1 aliphatic rings. The third-order valence-corrected chi connectivity index (χ3v) is 3.01. The topological polar surface area (TPSA) is 55.6 Å². The summed E-state index contributed by atoms with van der Waals surface area (Å²) in [6.45, 7) is 7.23. The summed E-state index contributed by atoms with van der Waals surface area (Å²) in [6.07, 6.45) is 2.44. The van der Waals surface area contributed by atoms with Gasteiger partial charge in [0.1, 0.15) is 0 Å². The Labute approximate surface area is 98.1 Å². The van der Waals surface area contributed by atoms with Crippen molar-refractivity contribution in [3.63, 3.8) is 0 Å². The summed E-state index contributed by atoms with van der Waals surface area (Å²) < 4.78 is 5.39. The van der Waals surface area contributed by atoms with E-state index in [0.29, 0.717) is 12.3 Å². The van der Waals surface area contributed by atoms with E-state index in [9.17, 15) is 4.79 Å². The molecule has 2 N–H and O–H groups in total. The molecule has 16 heavy (non-hydrogen) atoms. The molecule has 0 bridgehead atoms. The number of carbonyl (C=O) groups excluding carboxylic acids is 1. The number of nitrogens with two attached hydrogens (primary N) is 1. The molecule has 2 unspecified atom stereocenters. The Hall–Kier alpha value is -0.610. The van der Waals surface area contributed by atoms with Crippen LogP contribution in [0, 0.1) is 5.92 Å². The molecule has 0 aromatic carbocycles. The Bertz CT molecular complexity index is 219. The van der Waals surface area contributed by atoms with Gasteiger partial charge in [0, 0.05) is 38.1 Å². The van der Waals surface area contributed by atoms with Crippen molar-refractivity contribution in [2.45, 2.75) is 39.2 Å². The Kier molecular flexibility index (Phi) is 5.77. The van der Waals surface area contributed by atoms with Crippen LogP contribution < -0.4 is 5.73 Å². The number of hydrogen-bond donors (Lipinski definition) is 1. The lowest BCUT2D eigenvalue weighted by molar-refractivity contribution is -0.130. The number of carbonyl (C=O) groups is 1. The summed E-state index contributed by atoms with van der Waals surface area (Å²) in [4.78, 5) is 13.7. The van der Waals surface area contributed by atoms with Crippen molar-refractivity contribution in [1.29, 1.82) is 0 Å². The summed E-state index contributed by atoms with van der Waals surface area (Å²) in [5.41, 5.74) is 5.64. The molecule has 1 saturated heterocycles. The average molecular weight is 228 g/mol. The van der Waals surface area contributed by atoms with Crippen LogP contribution in [0.5, 0.6) is 0 Å². The second kappa shape index (κ2) is 6.86. The van der Waals surface area contributed by atoms with E-state index >= 15 is 0 Å². The van der Waals surface area contributed by atoms with Gasteiger partial charge in [-0.2, -0.15) is 0 Å². The highest BCUT2D eigenvalue weighted by molar-refractivity contribution is 5.76. The van der Waals surface area contributed by atoms with Gasteiger partial charge in [0.2, 0.25) is 5.91 Å². The normalized spacial score (nSPS) is 22.4. The number of likely N-dealkylation sites (tertiary alicyclic amines) is 1. The standard InChI is InChI=1S/C12H24N2O2/c1-3-16-9-11-6-7-14(8-11)12(15)5-4-10(2)13/h10-11H,3-9,13H2,1-2H3. The highest BCUT2D eigenvalue weighted by Gasteiger charge is 2.25. The van der Waals surface area contributed by atoms with E-state index < -0.39 is 0 Å². The van der Waals surface area contributed by atoms with Gasteiger partial charge in [-0.05, 0) is 26.7 Å². The van der Waals surface area contributed by atoms with Crippen molar-refractivity contribution in [2.75, 3.05) is 26.3 Å². The molecule has 2 atom stereocenters. The predicted molar refractivity (Wildman–Crippen MR) is 64.1 cm³/mol. The molecule has 0 aliphatic carbocycles. The van der Waals surface area contributed by atoms with Crippen LogP contribution in [0.2, 0.25) is 0 Å². The van der Waals surface area contributed by atoms with Crippen LogP contribution in [0.1, 0.15) is 33.1 Å². The fraction of sp³-hybridized carbons (Fsp3) is 0.917. The quantitative estimate of drug-likeness (QED) is 0.738. The SMILES string of the molecule is CCOCC1CCN(C(=O)CCC(C)N)C1. The van der Waals surface area contributed by atoms with Crippen LogP contribution in [0.3, 0.4) is 0 Å². The zero-order chi connectivity index (χ0) is 12.0. The van der Waals surface area contributed by atoms with Crippen LogP contribution in [0.15, 0.2) is 0 Å². The van der Waals surface area contributed by atoms with Crippen LogP contribution in [0.4, 0.5) is 0 Å². The second-order valence-electron chi connectivity index (χ2n) is 4.67. The van der Waals surface area contributed by atoms with E-state index in [0.717, 1.165) is 39.1 Å². The summed E-state index contributed by atoms with van der Waals surface area (Å²) in [5, 5.41) is 0. The van der Waals surface area contributed by atoms with Gasteiger partial charge in [-0.15, -0.1) is 0 Å². The van der Waals surface area contributed by atoms with Crippen LogP contribution in [-0.2, 0) is 9.53 Å². The van der Waals surface area contributed by atoms with Gasteiger partial charge in [-0.3, -0.25) is 4.79 Å². The van der Waals surface area contributed by atoms with Crippen LogP contribution >= 0.6 is 0 Å². The number of nitrogens with zero attached hydrogens (tertiary/aromatic N) is 1. The molecule has 1 rings (SSSR count). The third-order valence-electron chi connectivity index (χ3n) is 3.01. The molecule has 4 nitrogen and oxygen atoms in total.